The van der Waals surface area contributed by atoms with E-state index < -0.39 is 17.9 Å². The molecular formula is C13H18N2O5. The van der Waals surface area contributed by atoms with Gasteiger partial charge in [0.1, 0.15) is 6.04 Å². The highest BCUT2D eigenvalue weighted by Crippen LogP contribution is 2.04. The maximum absolute atomic E-state index is 11.8. The lowest BCUT2D eigenvalue weighted by Crippen LogP contribution is -2.43. The van der Waals surface area contributed by atoms with E-state index >= 15 is 0 Å². The van der Waals surface area contributed by atoms with E-state index in [9.17, 15) is 14.4 Å². The van der Waals surface area contributed by atoms with Gasteiger partial charge < -0.3 is 19.7 Å². The zero-order valence-electron chi connectivity index (χ0n) is 11.5. The molecule has 7 heteroatoms. The summed E-state index contributed by atoms with van der Waals surface area (Å²) in [5, 5.41) is 11.5. The molecule has 0 saturated carbocycles. The van der Waals surface area contributed by atoms with Crippen molar-refractivity contribution in [3.05, 3.63) is 24.2 Å². The Balaban J connectivity index is 2.39. The summed E-state index contributed by atoms with van der Waals surface area (Å²) in [4.78, 5) is 35.5. The zero-order chi connectivity index (χ0) is 15.1. The van der Waals surface area contributed by atoms with Gasteiger partial charge in [0, 0.05) is 20.0 Å². The van der Waals surface area contributed by atoms with Crippen LogP contribution in [0.3, 0.4) is 0 Å². The van der Waals surface area contributed by atoms with Crippen LogP contribution in [0.2, 0.25) is 0 Å². The van der Waals surface area contributed by atoms with Crippen LogP contribution < -0.4 is 5.32 Å². The van der Waals surface area contributed by atoms with Crippen LogP contribution in [0.4, 0.5) is 0 Å². The summed E-state index contributed by atoms with van der Waals surface area (Å²) in [6.45, 7) is 1.82. The van der Waals surface area contributed by atoms with E-state index in [-0.39, 0.29) is 24.6 Å². The van der Waals surface area contributed by atoms with Gasteiger partial charge in [-0.2, -0.15) is 0 Å². The monoisotopic (exact) mass is 282 g/mol. The van der Waals surface area contributed by atoms with Crippen LogP contribution in [0, 0.1) is 0 Å². The number of nitrogens with one attached hydrogen (secondary N) is 1. The molecule has 1 aromatic rings. The third-order valence-corrected chi connectivity index (χ3v) is 2.90. The predicted molar refractivity (Wildman–Crippen MR) is 70.1 cm³/mol. The molecule has 7 nitrogen and oxygen atoms in total. The molecule has 0 aliphatic rings. The SMILES string of the molecule is CCC(C(=O)O)N(C)C(=O)CCNC(=O)c1ccco1. The molecule has 0 saturated heterocycles. The molecule has 0 aliphatic heterocycles. The van der Waals surface area contributed by atoms with E-state index in [1.165, 1.54) is 24.3 Å². The number of furan rings is 1. The van der Waals surface area contributed by atoms with Crippen LogP contribution in [-0.4, -0.2) is 47.4 Å². The van der Waals surface area contributed by atoms with Crippen LogP contribution in [0.25, 0.3) is 0 Å². The number of carbonyl (C=O) groups excluding carboxylic acids is 2. The lowest BCUT2D eigenvalue weighted by atomic mass is 10.2. The highest BCUT2D eigenvalue weighted by molar-refractivity contribution is 5.91. The van der Waals surface area contributed by atoms with E-state index in [0.717, 1.165) is 0 Å². The molecule has 0 bridgehead atoms. The predicted octanol–water partition coefficient (Wildman–Crippen LogP) is 0.721. The first-order valence-electron chi connectivity index (χ1n) is 6.27. The van der Waals surface area contributed by atoms with Crippen molar-refractivity contribution in [3.8, 4) is 0 Å². The van der Waals surface area contributed by atoms with Crippen molar-refractivity contribution in [1.82, 2.24) is 10.2 Å². The van der Waals surface area contributed by atoms with Crippen LogP contribution in [0.1, 0.15) is 30.3 Å². The molecule has 1 aromatic heterocycles. The minimum atomic E-state index is -1.04. The average molecular weight is 282 g/mol. The number of carboxylic acids is 1. The van der Waals surface area contributed by atoms with Gasteiger partial charge in [0.05, 0.1) is 6.26 Å². The first kappa shape index (κ1) is 15.7. The number of rotatable bonds is 7. The Labute approximate surface area is 116 Å². The summed E-state index contributed by atoms with van der Waals surface area (Å²) in [5.41, 5.74) is 0. The van der Waals surface area contributed by atoms with Gasteiger partial charge in [-0.25, -0.2) is 4.79 Å². The molecule has 0 fully saturated rings. The molecule has 0 aliphatic carbocycles. The number of hydrogen-bond acceptors (Lipinski definition) is 4. The molecule has 110 valence electrons. The first-order valence-corrected chi connectivity index (χ1v) is 6.27. The smallest absolute Gasteiger partial charge is 0.326 e. The van der Waals surface area contributed by atoms with Crippen molar-refractivity contribution in [3.63, 3.8) is 0 Å². The highest BCUT2D eigenvalue weighted by atomic mass is 16.4. The fraction of sp³-hybridized carbons (Fsp3) is 0.462. The van der Waals surface area contributed by atoms with Gasteiger partial charge in [-0.1, -0.05) is 6.92 Å². The third kappa shape index (κ3) is 4.11. The second-order valence-corrected chi connectivity index (χ2v) is 4.25. The summed E-state index contributed by atoms with van der Waals surface area (Å²) in [7, 11) is 1.44. The summed E-state index contributed by atoms with van der Waals surface area (Å²) < 4.78 is 4.90. The van der Waals surface area contributed by atoms with Gasteiger partial charge >= 0.3 is 5.97 Å². The van der Waals surface area contributed by atoms with Crippen LogP contribution in [0.5, 0.6) is 0 Å². The Morgan fingerprint density at radius 3 is 2.65 bits per heavy atom. The van der Waals surface area contributed by atoms with Gasteiger partial charge in [0.2, 0.25) is 5.91 Å². The molecule has 20 heavy (non-hydrogen) atoms. The van der Waals surface area contributed by atoms with E-state index in [2.05, 4.69) is 5.32 Å². The summed E-state index contributed by atoms with van der Waals surface area (Å²) in [6, 6.07) is 2.26. The molecule has 0 aromatic carbocycles. The summed E-state index contributed by atoms with van der Waals surface area (Å²) in [5.74, 6) is -1.61. The minimum absolute atomic E-state index is 0.0345. The quantitative estimate of drug-likeness (QED) is 0.767. The van der Waals surface area contributed by atoms with E-state index in [0.29, 0.717) is 6.42 Å². The third-order valence-electron chi connectivity index (χ3n) is 2.90. The van der Waals surface area contributed by atoms with Crippen molar-refractivity contribution >= 4 is 17.8 Å². The van der Waals surface area contributed by atoms with E-state index in [1.807, 2.05) is 0 Å². The molecule has 0 radical (unpaired) electrons. The second-order valence-electron chi connectivity index (χ2n) is 4.25. The molecule has 1 unspecified atom stereocenters. The number of aliphatic carboxylic acids is 1. The van der Waals surface area contributed by atoms with Crippen molar-refractivity contribution in [2.24, 2.45) is 0 Å². The molecular weight excluding hydrogens is 264 g/mol. The van der Waals surface area contributed by atoms with Crippen LogP contribution >= 0.6 is 0 Å². The standard InChI is InChI=1S/C13H18N2O5/c1-3-9(13(18)19)15(2)11(16)6-7-14-12(17)10-5-4-8-20-10/h4-5,8-9H,3,6-7H2,1-2H3,(H,14,17)(H,18,19). The summed E-state index contributed by atoms with van der Waals surface area (Å²) in [6.07, 6.45) is 1.75. The number of likely N-dealkylation sites (N-methyl/N-ethyl adjacent to an activating group) is 1. The van der Waals surface area contributed by atoms with Gasteiger partial charge in [-0.05, 0) is 18.6 Å². The summed E-state index contributed by atoms with van der Waals surface area (Å²) >= 11 is 0. The van der Waals surface area contributed by atoms with Gasteiger partial charge in [-0.3, -0.25) is 9.59 Å². The number of amides is 2. The van der Waals surface area contributed by atoms with Gasteiger partial charge in [0.25, 0.3) is 5.91 Å². The van der Waals surface area contributed by atoms with Gasteiger partial charge in [0.15, 0.2) is 5.76 Å². The first-order chi connectivity index (χ1) is 9.47. The van der Waals surface area contributed by atoms with Crippen LogP contribution in [0.15, 0.2) is 22.8 Å². The average Bonchev–Trinajstić information content (AvgIpc) is 2.92. The Bertz CT molecular complexity index is 469. The highest BCUT2D eigenvalue weighted by Gasteiger charge is 2.24. The Morgan fingerprint density at radius 2 is 2.15 bits per heavy atom. The van der Waals surface area contributed by atoms with Crippen molar-refractivity contribution in [2.75, 3.05) is 13.6 Å². The number of carbonyl (C=O) groups is 3. The second kappa shape index (κ2) is 7.32. The van der Waals surface area contributed by atoms with Crippen molar-refractivity contribution in [2.45, 2.75) is 25.8 Å². The Morgan fingerprint density at radius 1 is 1.45 bits per heavy atom. The van der Waals surface area contributed by atoms with Crippen molar-refractivity contribution < 1.29 is 23.9 Å². The van der Waals surface area contributed by atoms with E-state index in [1.54, 1.807) is 13.0 Å². The molecule has 1 rings (SSSR count). The molecule has 1 atom stereocenters. The number of hydrogen-bond donors (Lipinski definition) is 2. The largest absolute Gasteiger partial charge is 0.480 e. The van der Waals surface area contributed by atoms with Gasteiger partial charge in [-0.15, -0.1) is 0 Å². The zero-order valence-corrected chi connectivity index (χ0v) is 11.5. The van der Waals surface area contributed by atoms with Crippen LogP contribution in [-0.2, 0) is 9.59 Å². The molecule has 2 N–H and O–H groups in total. The maximum Gasteiger partial charge on any atom is 0.326 e. The Kier molecular flexibility index (Phi) is 5.76. The Hall–Kier alpha value is -2.31. The van der Waals surface area contributed by atoms with E-state index in [4.69, 9.17) is 9.52 Å². The number of carboxylic acid groups (broad SMARTS) is 1. The maximum atomic E-state index is 11.8. The minimum Gasteiger partial charge on any atom is -0.480 e. The molecule has 2 amide bonds. The molecule has 1 heterocycles. The topological polar surface area (TPSA) is 99.9 Å². The fourth-order valence-electron chi connectivity index (χ4n) is 1.74. The lowest BCUT2D eigenvalue weighted by molar-refractivity contribution is -0.149. The molecule has 0 spiro atoms. The fourth-order valence-corrected chi connectivity index (χ4v) is 1.74. The normalized spacial score (nSPS) is 11.7. The number of nitrogens with zero attached hydrogens (tertiary/aromatic N) is 1. The lowest BCUT2D eigenvalue weighted by Gasteiger charge is -2.23. The van der Waals surface area contributed by atoms with Crippen molar-refractivity contribution in [1.29, 1.82) is 0 Å².